The van der Waals surface area contributed by atoms with E-state index in [2.05, 4.69) is 12.2 Å². The van der Waals surface area contributed by atoms with Crippen LogP contribution in [-0.4, -0.2) is 17.7 Å². The second-order valence-electron chi connectivity index (χ2n) is 4.02. The van der Waals surface area contributed by atoms with Crippen LogP contribution < -0.4 is 5.32 Å². The van der Waals surface area contributed by atoms with Gasteiger partial charge in [-0.1, -0.05) is 23.7 Å². The van der Waals surface area contributed by atoms with Gasteiger partial charge >= 0.3 is 0 Å². The Bertz CT molecular complexity index is 325. The van der Waals surface area contributed by atoms with Gasteiger partial charge in [0.2, 0.25) is 0 Å². The highest BCUT2D eigenvalue weighted by Crippen LogP contribution is 2.30. The molecule has 2 N–H and O–H groups in total. The Labute approximate surface area is 88.9 Å². The third-order valence-corrected chi connectivity index (χ3v) is 3.02. The summed E-state index contributed by atoms with van der Waals surface area (Å²) in [6, 6.07) is 7.79. The summed E-state index contributed by atoms with van der Waals surface area (Å²) in [5, 5.41) is 14.3. The molecule has 2 nitrogen and oxygen atoms in total. The Hall–Kier alpha value is -0.570. The summed E-state index contributed by atoms with van der Waals surface area (Å²) in [4.78, 5) is 0. The predicted molar refractivity (Wildman–Crippen MR) is 57.4 cm³/mol. The summed E-state index contributed by atoms with van der Waals surface area (Å²) >= 11 is 5.80. The Morgan fingerprint density at radius 2 is 2.07 bits per heavy atom. The van der Waals surface area contributed by atoms with Gasteiger partial charge in [-0.2, -0.15) is 0 Å². The van der Waals surface area contributed by atoms with Crippen LogP contribution in [0.15, 0.2) is 24.3 Å². The minimum atomic E-state index is -0.718. The topological polar surface area (TPSA) is 32.3 Å². The molecule has 1 saturated heterocycles. The quantitative estimate of drug-likeness (QED) is 0.744. The smallest absolute Gasteiger partial charge is 0.103 e. The summed E-state index contributed by atoms with van der Waals surface area (Å²) in [5.74, 6) is 0. The van der Waals surface area contributed by atoms with Gasteiger partial charge in [0.15, 0.2) is 0 Å². The fourth-order valence-corrected chi connectivity index (χ4v) is 2.10. The molecule has 1 aliphatic heterocycles. The van der Waals surface area contributed by atoms with Crippen molar-refractivity contribution in [2.75, 3.05) is 6.54 Å². The molecule has 0 bridgehead atoms. The molecule has 0 aliphatic carbocycles. The highest BCUT2D eigenvalue weighted by molar-refractivity contribution is 6.30. The lowest BCUT2D eigenvalue weighted by Gasteiger charge is -2.22. The van der Waals surface area contributed by atoms with Crippen LogP contribution in [-0.2, 0) is 5.60 Å². The van der Waals surface area contributed by atoms with Crippen molar-refractivity contribution in [2.45, 2.75) is 25.0 Å². The van der Waals surface area contributed by atoms with Crippen LogP contribution in [0.5, 0.6) is 0 Å². The molecule has 0 amide bonds. The molecule has 76 valence electrons. The van der Waals surface area contributed by atoms with E-state index >= 15 is 0 Å². The number of halogens is 1. The molecule has 1 aromatic rings. The van der Waals surface area contributed by atoms with E-state index in [-0.39, 0.29) is 0 Å². The van der Waals surface area contributed by atoms with Gasteiger partial charge in [0.1, 0.15) is 5.60 Å². The summed E-state index contributed by atoms with van der Waals surface area (Å²) in [5.41, 5.74) is 0.225. The Morgan fingerprint density at radius 3 is 2.57 bits per heavy atom. The van der Waals surface area contributed by atoms with Crippen molar-refractivity contribution in [1.29, 1.82) is 0 Å². The summed E-state index contributed by atoms with van der Waals surface area (Å²) in [6.07, 6.45) is 0.759. The fraction of sp³-hybridized carbons (Fsp3) is 0.455. The van der Waals surface area contributed by atoms with Gasteiger partial charge in [-0.15, -0.1) is 0 Å². The van der Waals surface area contributed by atoms with Gasteiger partial charge < -0.3 is 10.4 Å². The molecule has 0 aromatic heterocycles. The molecule has 0 spiro atoms. The average Bonchev–Trinajstić information content (AvgIpc) is 2.48. The molecule has 1 fully saturated rings. The molecule has 14 heavy (non-hydrogen) atoms. The van der Waals surface area contributed by atoms with E-state index in [0.717, 1.165) is 12.0 Å². The van der Waals surface area contributed by atoms with Gasteiger partial charge in [-0.25, -0.2) is 0 Å². The second-order valence-corrected chi connectivity index (χ2v) is 4.46. The first-order chi connectivity index (χ1) is 6.60. The van der Waals surface area contributed by atoms with E-state index in [1.165, 1.54) is 0 Å². The van der Waals surface area contributed by atoms with Crippen molar-refractivity contribution in [3.63, 3.8) is 0 Å². The lowest BCUT2D eigenvalue weighted by molar-refractivity contribution is 0.0565. The number of hydrogen-bond donors (Lipinski definition) is 2. The number of benzene rings is 1. The van der Waals surface area contributed by atoms with E-state index < -0.39 is 5.60 Å². The number of rotatable bonds is 1. The van der Waals surface area contributed by atoms with E-state index in [1.807, 2.05) is 24.3 Å². The molecule has 2 unspecified atom stereocenters. The lowest BCUT2D eigenvalue weighted by Crippen LogP contribution is -2.28. The van der Waals surface area contributed by atoms with Crippen LogP contribution in [0.1, 0.15) is 18.9 Å². The Kier molecular flexibility index (Phi) is 2.52. The van der Waals surface area contributed by atoms with Gasteiger partial charge in [0.05, 0.1) is 0 Å². The van der Waals surface area contributed by atoms with Gasteiger partial charge in [-0.3, -0.25) is 0 Å². The fourth-order valence-electron chi connectivity index (χ4n) is 1.97. The van der Waals surface area contributed by atoms with E-state index in [1.54, 1.807) is 0 Å². The highest BCUT2D eigenvalue weighted by Gasteiger charge is 2.36. The van der Waals surface area contributed by atoms with Gasteiger partial charge in [0.25, 0.3) is 0 Å². The first-order valence-electron chi connectivity index (χ1n) is 4.82. The highest BCUT2D eigenvalue weighted by atomic mass is 35.5. The van der Waals surface area contributed by atoms with Crippen molar-refractivity contribution >= 4 is 11.6 Å². The van der Waals surface area contributed by atoms with Crippen LogP contribution >= 0.6 is 11.6 Å². The van der Waals surface area contributed by atoms with E-state index in [0.29, 0.717) is 17.6 Å². The number of hydrogen-bond acceptors (Lipinski definition) is 2. The SMILES string of the molecule is CC1CC(O)(c2ccc(Cl)cc2)CN1. The molecule has 3 heteroatoms. The monoisotopic (exact) mass is 211 g/mol. The molecule has 1 aliphatic rings. The zero-order valence-corrected chi connectivity index (χ0v) is 8.88. The first-order valence-corrected chi connectivity index (χ1v) is 5.20. The maximum atomic E-state index is 10.3. The van der Waals surface area contributed by atoms with Gasteiger partial charge in [-0.05, 0) is 31.0 Å². The minimum absolute atomic E-state index is 0.371. The molecular weight excluding hydrogens is 198 g/mol. The summed E-state index contributed by atoms with van der Waals surface area (Å²) < 4.78 is 0. The third kappa shape index (κ3) is 1.78. The molecule has 2 rings (SSSR count). The minimum Gasteiger partial charge on any atom is -0.384 e. The van der Waals surface area contributed by atoms with E-state index in [4.69, 9.17) is 11.6 Å². The zero-order valence-electron chi connectivity index (χ0n) is 8.13. The largest absolute Gasteiger partial charge is 0.384 e. The predicted octanol–water partition coefficient (Wildman–Crippen LogP) is 1.91. The van der Waals surface area contributed by atoms with Crippen molar-refractivity contribution < 1.29 is 5.11 Å². The van der Waals surface area contributed by atoms with Gasteiger partial charge in [0, 0.05) is 17.6 Å². The maximum absolute atomic E-state index is 10.3. The number of β-amino-alcohol motifs (C(OH)–C–C–N with tert-alkyl or cyclic N) is 1. The number of nitrogens with one attached hydrogen (secondary N) is 1. The van der Waals surface area contributed by atoms with Crippen LogP contribution in [0.2, 0.25) is 5.02 Å². The van der Waals surface area contributed by atoms with Crippen LogP contribution in [0.4, 0.5) is 0 Å². The standard InChI is InChI=1S/C11H14ClNO/c1-8-6-11(14,7-13-8)9-2-4-10(12)5-3-9/h2-5,8,13-14H,6-7H2,1H3. The first kappa shape index (κ1) is 9.97. The van der Waals surface area contributed by atoms with Crippen LogP contribution in [0, 0.1) is 0 Å². The van der Waals surface area contributed by atoms with Crippen LogP contribution in [0.3, 0.4) is 0 Å². The van der Waals surface area contributed by atoms with Crippen molar-refractivity contribution in [2.24, 2.45) is 0 Å². The van der Waals surface area contributed by atoms with E-state index in [9.17, 15) is 5.11 Å². The summed E-state index contributed by atoms with van der Waals surface area (Å²) in [7, 11) is 0. The maximum Gasteiger partial charge on any atom is 0.103 e. The lowest BCUT2D eigenvalue weighted by atomic mass is 9.91. The molecule has 1 heterocycles. The average molecular weight is 212 g/mol. The Morgan fingerprint density at radius 1 is 1.43 bits per heavy atom. The third-order valence-electron chi connectivity index (χ3n) is 2.77. The Balaban J connectivity index is 2.26. The molecule has 0 radical (unpaired) electrons. The van der Waals surface area contributed by atoms with Crippen molar-refractivity contribution in [3.05, 3.63) is 34.9 Å². The molecule has 1 aromatic carbocycles. The van der Waals surface area contributed by atoms with Crippen LogP contribution in [0.25, 0.3) is 0 Å². The van der Waals surface area contributed by atoms with Crippen molar-refractivity contribution in [1.82, 2.24) is 5.32 Å². The second kappa shape index (κ2) is 3.54. The molecular formula is C11H14ClNO. The summed E-state index contributed by atoms with van der Waals surface area (Å²) in [6.45, 7) is 2.70. The normalized spacial score (nSPS) is 32.1. The van der Waals surface area contributed by atoms with Crippen molar-refractivity contribution in [3.8, 4) is 0 Å². The molecule has 0 saturated carbocycles. The number of aliphatic hydroxyl groups is 1. The molecule has 2 atom stereocenters. The zero-order chi connectivity index (χ0) is 10.2.